The zero-order valence-electron chi connectivity index (χ0n) is 16.0. The van der Waals surface area contributed by atoms with Gasteiger partial charge in [0.25, 0.3) is 0 Å². The highest BCUT2D eigenvalue weighted by atomic mass is 32.1. The van der Waals surface area contributed by atoms with E-state index in [1.54, 1.807) is 12.3 Å². The summed E-state index contributed by atoms with van der Waals surface area (Å²) in [6.07, 6.45) is 3.54. The van der Waals surface area contributed by atoms with Gasteiger partial charge in [0, 0.05) is 16.9 Å². The average molecular weight is 419 g/mol. The van der Waals surface area contributed by atoms with Crippen molar-refractivity contribution in [3.05, 3.63) is 40.7 Å². The molecule has 2 N–H and O–H groups in total. The fraction of sp³-hybridized carbons (Fsp3) is 0.400. The van der Waals surface area contributed by atoms with Gasteiger partial charge >= 0.3 is 12.0 Å². The van der Waals surface area contributed by atoms with Gasteiger partial charge in [0.2, 0.25) is 0 Å². The lowest BCUT2D eigenvalue weighted by atomic mass is 9.95. The van der Waals surface area contributed by atoms with Crippen molar-refractivity contribution in [2.24, 2.45) is 5.92 Å². The quantitative estimate of drug-likeness (QED) is 0.512. The van der Waals surface area contributed by atoms with Crippen molar-refractivity contribution in [2.75, 3.05) is 17.2 Å². The second-order valence-electron chi connectivity index (χ2n) is 6.74. The number of Topliss-reactive ketones (excluding diaryl/α,β-unsaturated/α-hetero) is 1. The maximum atomic E-state index is 13.7. The van der Waals surface area contributed by atoms with Gasteiger partial charge in [-0.25, -0.2) is 14.2 Å². The number of hydrogen-bond donors (Lipinski definition) is 2. The molecule has 3 rings (SSSR count). The van der Waals surface area contributed by atoms with Crippen LogP contribution in [0.15, 0.2) is 23.6 Å². The molecule has 2 amide bonds. The van der Waals surface area contributed by atoms with Crippen LogP contribution in [0.4, 0.5) is 20.0 Å². The van der Waals surface area contributed by atoms with E-state index < -0.39 is 17.8 Å². The number of aromatic nitrogens is 1. The third-order valence-electron chi connectivity index (χ3n) is 4.62. The summed E-state index contributed by atoms with van der Waals surface area (Å²) in [6, 6.07) is 3.14. The summed E-state index contributed by atoms with van der Waals surface area (Å²) in [5.41, 5.74) is 0.918. The number of carbonyl (C=O) groups excluding carboxylic acids is 3. The summed E-state index contributed by atoms with van der Waals surface area (Å²) in [7, 11) is 0. The lowest BCUT2D eigenvalue weighted by Crippen LogP contribution is -2.22. The molecule has 1 saturated carbocycles. The molecular weight excluding hydrogens is 397 g/mol. The van der Waals surface area contributed by atoms with Crippen LogP contribution >= 0.6 is 11.3 Å². The van der Waals surface area contributed by atoms with Gasteiger partial charge in [-0.1, -0.05) is 12.8 Å². The molecule has 9 heteroatoms. The molecule has 0 aliphatic heterocycles. The van der Waals surface area contributed by atoms with Crippen molar-refractivity contribution in [1.29, 1.82) is 0 Å². The van der Waals surface area contributed by atoms with Crippen LogP contribution in [0, 0.1) is 11.7 Å². The zero-order valence-corrected chi connectivity index (χ0v) is 16.8. The highest BCUT2D eigenvalue weighted by Gasteiger charge is 2.26. The predicted octanol–water partition coefficient (Wildman–Crippen LogP) is 4.40. The second-order valence-corrected chi connectivity index (χ2v) is 7.60. The number of nitrogens with one attached hydrogen (secondary N) is 2. The van der Waals surface area contributed by atoms with Gasteiger partial charge < -0.3 is 10.1 Å². The maximum absolute atomic E-state index is 13.7. The highest BCUT2D eigenvalue weighted by molar-refractivity contribution is 7.14. The van der Waals surface area contributed by atoms with E-state index >= 15 is 0 Å². The van der Waals surface area contributed by atoms with Crippen LogP contribution < -0.4 is 10.6 Å². The van der Waals surface area contributed by atoms with Crippen LogP contribution in [-0.4, -0.2) is 29.4 Å². The molecule has 0 radical (unpaired) electrons. The van der Waals surface area contributed by atoms with Gasteiger partial charge in [0.15, 0.2) is 10.9 Å². The molecular formula is C20H22FN3O4S. The molecule has 0 spiro atoms. The molecule has 0 atom stereocenters. The van der Waals surface area contributed by atoms with Gasteiger partial charge in [-0.2, -0.15) is 0 Å². The van der Waals surface area contributed by atoms with Gasteiger partial charge in [-0.15, -0.1) is 11.3 Å². The Morgan fingerprint density at radius 3 is 2.72 bits per heavy atom. The molecule has 0 unspecified atom stereocenters. The van der Waals surface area contributed by atoms with E-state index in [1.807, 2.05) is 0 Å². The molecule has 1 aromatic heterocycles. The first-order valence-corrected chi connectivity index (χ1v) is 10.4. The fourth-order valence-electron chi connectivity index (χ4n) is 3.29. The van der Waals surface area contributed by atoms with Crippen LogP contribution in [-0.2, 0) is 16.0 Å². The summed E-state index contributed by atoms with van der Waals surface area (Å²) in [4.78, 5) is 40.7. The number of thiazole rings is 1. The maximum Gasteiger partial charge on any atom is 0.325 e. The Kier molecular flexibility index (Phi) is 6.92. The van der Waals surface area contributed by atoms with Gasteiger partial charge in [0.05, 0.1) is 24.4 Å². The van der Waals surface area contributed by atoms with E-state index in [1.165, 1.54) is 12.1 Å². The first kappa shape index (κ1) is 20.9. The van der Waals surface area contributed by atoms with E-state index in [9.17, 15) is 18.8 Å². The SMILES string of the molecule is CCOC(=O)Cc1csc(NC(=O)Nc2ccc(F)cc2C(=O)C2CCCC2)n1. The van der Waals surface area contributed by atoms with Gasteiger partial charge in [0.1, 0.15) is 5.82 Å². The molecule has 154 valence electrons. The van der Waals surface area contributed by atoms with E-state index in [0.29, 0.717) is 10.8 Å². The number of esters is 1. The van der Waals surface area contributed by atoms with Crippen LogP contribution in [0.5, 0.6) is 0 Å². The fourth-order valence-corrected chi connectivity index (χ4v) is 4.00. The summed E-state index contributed by atoms with van der Waals surface area (Å²) >= 11 is 1.16. The average Bonchev–Trinajstić information content (AvgIpc) is 3.35. The first-order chi connectivity index (χ1) is 14.0. The molecule has 0 saturated heterocycles. The lowest BCUT2D eigenvalue weighted by molar-refractivity contribution is -0.142. The predicted molar refractivity (Wildman–Crippen MR) is 108 cm³/mol. The Morgan fingerprint density at radius 2 is 2.00 bits per heavy atom. The molecule has 1 aliphatic carbocycles. The molecule has 0 bridgehead atoms. The van der Waals surface area contributed by atoms with Crippen LogP contribution in [0.2, 0.25) is 0 Å². The van der Waals surface area contributed by atoms with Crippen LogP contribution in [0.1, 0.15) is 48.7 Å². The Hall–Kier alpha value is -2.81. The van der Waals surface area contributed by atoms with E-state index in [4.69, 9.17) is 4.74 Å². The lowest BCUT2D eigenvalue weighted by Gasteiger charge is -2.14. The van der Waals surface area contributed by atoms with Crippen LogP contribution in [0.3, 0.4) is 0 Å². The van der Waals surface area contributed by atoms with E-state index in [0.717, 1.165) is 43.1 Å². The Balaban J connectivity index is 1.66. The number of carbonyl (C=O) groups is 3. The molecule has 2 aromatic rings. The number of anilines is 2. The van der Waals surface area contributed by atoms with Crippen molar-refractivity contribution in [2.45, 2.75) is 39.0 Å². The number of halogens is 1. The normalized spacial score (nSPS) is 13.9. The third kappa shape index (κ3) is 5.60. The number of urea groups is 1. The summed E-state index contributed by atoms with van der Waals surface area (Å²) in [5, 5.41) is 7.12. The number of amides is 2. The number of nitrogens with zero attached hydrogens (tertiary/aromatic N) is 1. The smallest absolute Gasteiger partial charge is 0.325 e. The Bertz CT molecular complexity index is 909. The Labute approximate surface area is 171 Å². The number of ketones is 1. The number of hydrogen-bond acceptors (Lipinski definition) is 6. The van der Waals surface area contributed by atoms with E-state index in [-0.39, 0.29) is 36.0 Å². The monoisotopic (exact) mass is 419 g/mol. The molecule has 1 aromatic carbocycles. The Morgan fingerprint density at radius 1 is 1.24 bits per heavy atom. The third-order valence-corrected chi connectivity index (χ3v) is 5.43. The second kappa shape index (κ2) is 9.60. The molecule has 1 fully saturated rings. The molecule has 29 heavy (non-hydrogen) atoms. The van der Waals surface area contributed by atoms with Crippen LogP contribution in [0.25, 0.3) is 0 Å². The van der Waals surface area contributed by atoms with Gasteiger partial charge in [-0.3, -0.25) is 14.9 Å². The summed E-state index contributed by atoms with van der Waals surface area (Å²) < 4.78 is 18.6. The molecule has 1 heterocycles. The summed E-state index contributed by atoms with van der Waals surface area (Å²) in [6.45, 7) is 2.01. The summed E-state index contributed by atoms with van der Waals surface area (Å²) in [5.74, 6) is -1.20. The van der Waals surface area contributed by atoms with Crippen molar-refractivity contribution >= 4 is 39.9 Å². The first-order valence-electron chi connectivity index (χ1n) is 9.48. The topological polar surface area (TPSA) is 97.4 Å². The largest absolute Gasteiger partial charge is 0.466 e. The minimum absolute atomic E-state index is 0.0195. The number of benzene rings is 1. The van der Waals surface area contributed by atoms with Gasteiger partial charge in [-0.05, 0) is 38.0 Å². The standard InChI is InChI=1S/C20H22FN3O4S/c1-2-28-17(25)10-14-11-29-20(22-14)24-19(27)23-16-8-7-13(21)9-15(16)18(26)12-5-3-4-6-12/h7-9,11-12H,2-6,10H2,1H3,(H2,22,23,24,27). The van der Waals surface area contributed by atoms with Crippen molar-refractivity contribution < 1.29 is 23.5 Å². The highest BCUT2D eigenvalue weighted by Crippen LogP contribution is 2.31. The minimum atomic E-state index is -0.603. The number of rotatable bonds is 7. The van der Waals surface area contributed by atoms with Crippen molar-refractivity contribution in [3.63, 3.8) is 0 Å². The molecule has 7 nitrogen and oxygen atoms in total. The van der Waals surface area contributed by atoms with Crippen molar-refractivity contribution in [3.8, 4) is 0 Å². The molecule has 1 aliphatic rings. The van der Waals surface area contributed by atoms with Crippen molar-refractivity contribution in [1.82, 2.24) is 4.98 Å². The minimum Gasteiger partial charge on any atom is -0.466 e. The number of ether oxygens (including phenoxy) is 1. The zero-order chi connectivity index (χ0) is 20.8. The van der Waals surface area contributed by atoms with E-state index in [2.05, 4.69) is 15.6 Å².